The number of carbonyl (C=O) groups excluding carboxylic acids is 1. The summed E-state index contributed by atoms with van der Waals surface area (Å²) < 4.78 is 10.5. The fourth-order valence-electron chi connectivity index (χ4n) is 1.57. The number of ether oxygens (including phenoxy) is 2. The Balaban J connectivity index is 1.92. The van der Waals surface area contributed by atoms with Crippen LogP contribution < -0.4 is 20.3 Å². The molecule has 0 saturated heterocycles. The Morgan fingerprint density at radius 3 is 2.88 bits per heavy atom. The van der Waals surface area contributed by atoms with Crippen LogP contribution in [0.25, 0.3) is 0 Å². The zero-order valence-electron chi connectivity index (χ0n) is 8.32. The summed E-state index contributed by atoms with van der Waals surface area (Å²) in [5, 5.41) is 0. The first-order valence-corrected chi connectivity index (χ1v) is 4.82. The molecule has 2 heterocycles. The lowest BCUT2D eigenvalue weighted by Crippen LogP contribution is -2.47. The predicted octanol–water partition coefficient (Wildman–Crippen LogP) is -0.204. The zero-order valence-corrected chi connectivity index (χ0v) is 8.32. The van der Waals surface area contributed by atoms with E-state index in [1.54, 1.807) is 0 Å². The third-order valence-electron chi connectivity index (χ3n) is 2.35. The van der Waals surface area contributed by atoms with Crippen molar-refractivity contribution in [2.75, 3.05) is 13.3 Å². The van der Waals surface area contributed by atoms with Crippen molar-refractivity contribution >= 4 is 11.7 Å². The molecular formula is C10H9N3O3. The molecule has 0 aliphatic carbocycles. The standard InChI is InChI=1S/C10H9N3O3/c14-9-4-11-10(13-12-9)6-1-2-7-8(3-6)16-5-15-7/h1-3H,4-5H2,(H,11,13)(H,12,14). The van der Waals surface area contributed by atoms with Crippen LogP contribution in [0.2, 0.25) is 0 Å². The summed E-state index contributed by atoms with van der Waals surface area (Å²) in [5.74, 6) is 1.89. The van der Waals surface area contributed by atoms with Gasteiger partial charge in [0.1, 0.15) is 12.4 Å². The monoisotopic (exact) mass is 219 g/mol. The highest BCUT2D eigenvalue weighted by Gasteiger charge is 2.17. The van der Waals surface area contributed by atoms with E-state index in [1.165, 1.54) is 0 Å². The first-order chi connectivity index (χ1) is 7.83. The Morgan fingerprint density at radius 2 is 2.06 bits per heavy atom. The van der Waals surface area contributed by atoms with Crippen molar-refractivity contribution in [3.8, 4) is 11.5 Å². The Hall–Kier alpha value is -2.24. The highest BCUT2D eigenvalue weighted by atomic mass is 16.7. The molecule has 1 aromatic rings. The molecule has 3 rings (SSSR count). The molecular weight excluding hydrogens is 210 g/mol. The number of nitrogens with one attached hydrogen (secondary N) is 2. The normalized spacial score (nSPS) is 17.5. The molecule has 0 aromatic heterocycles. The largest absolute Gasteiger partial charge is 0.454 e. The summed E-state index contributed by atoms with van der Waals surface area (Å²) in [5.41, 5.74) is 6.09. The van der Waals surface area contributed by atoms with E-state index in [0.29, 0.717) is 11.6 Å². The van der Waals surface area contributed by atoms with Crippen LogP contribution in [-0.4, -0.2) is 25.1 Å². The molecule has 0 unspecified atom stereocenters. The molecule has 2 aliphatic heterocycles. The van der Waals surface area contributed by atoms with E-state index < -0.39 is 0 Å². The van der Waals surface area contributed by atoms with Gasteiger partial charge in [-0.25, -0.2) is 0 Å². The van der Waals surface area contributed by atoms with Gasteiger partial charge in [-0.3, -0.25) is 20.6 Å². The lowest BCUT2D eigenvalue weighted by molar-refractivity contribution is -0.120. The van der Waals surface area contributed by atoms with Gasteiger partial charge in [-0.1, -0.05) is 0 Å². The topological polar surface area (TPSA) is 72.0 Å². The van der Waals surface area contributed by atoms with Crippen molar-refractivity contribution in [1.82, 2.24) is 10.9 Å². The molecule has 0 saturated carbocycles. The summed E-state index contributed by atoms with van der Waals surface area (Å²) in [6.07, 6.45) is 0. The van der Waals surface area contributed by atoms with Crippen LogP contribution in [0.1, 0.15) is 5.56 Å². The molecule has 1 amide bonds. The molecule has 6 heteroatoms. The van der Waals surface area contributed by atoms with E-state index in [0.717, 1.165) is 11.3 Å². The Morgan fingerprint density at radius 1 is 1.19 bits per heavy atom. The second-order valence-electron chi connectivity index (χ2n) is 3.41. The molecule has 1 aromatic carbocycles. The van der Waals surface area contributed by atoms with Crippen molar-refractivity contribution in [3.63, 3.8) is 0 Å². The van der Waals surface area contributed by atoms with Gasteiger partial charge in [-0.05, 0) is 18.2 Å². The highest BCUT2D eigenvalue weighted by Crippen LogP contribution is 2.32. The fraction of sp³-hybridized carbons (Fsp3) is 0.200. The molecule has 0 bridgehead atoms. The average molecular weight is 219 g/mol. The SMILES string of the molecule is O=C1CN=C(c2ccc3c(c2)OCO3)NN1. The molecule has 2 N–H and O–H groups in total. The summed E-state index contributed by atoms with van der Waals surface area (Å²) in [7, 11) is 0. The fourth-order valence-corrected chi connectivity index (χ4v) is 1.57. The smallest absolute Gasteiger partial charge is 0.260 e. The Bertz CT molecular complexity index is 484. The minimum atomic E-state index is -0.149. The minimum Gasteiger partial charge on any atom is -0.454 e. The molecule has 0 spiro atoms. The van der Waals surface area contributed by atoms with Crippen molar-refractivity contribution in [1.29, 1.82) is 0 Å². The van der Waals surface area contributed by atoms with E-state index >= 15 is 0 Å². The Kier molecular flexibility index (Phi) is 1.92. The van der Waals surface area contributed by atoms with Crippen LogP contribution in [0.4, 0.5) is 0 Å². The first-order valence-electron chi connectivity index (χ1n) is 4.82. The van der Waals surface area contributed by atoms with Crippen LogP contribution in [0.15, 0.2) is 23.2 Å². The lowest BCUT2D eigenvalue weighted by Gasteiger charge is -2.15. The number of nitrogens with zero attached hydrogens (tertiary/aromatic N) is 1. The van der Waals surface area contributed by atoms with Crippen molar-refractivity contribution in [2.24, 2.45) is 4.99 Å². The maximum atomic E-state index is 10.9. The number of carbonyl (C=O) groups is 1. The Labute approximate surface area is 91.2 Å². The highest BCUT2D eigenvalue weighted by molar-refractivity contribution is 6.03. The third-order valence-corrected chi connectivity index (χ3v) is 2.35. The summed E-state index contributed by atoms with van der Waals surface area (Å²) in [6, 6.07) is 5.50. The molecule has 0 atom stereocenters. The second-order valence-corrected chi connectivity index (χ2v) is 3.41. The van der Waals surface area contributed by atoms with Crippen LogP contribution in [0, 0.1) is 0 Å². The third kappa shape index (κ3) is 1.44. The molecule has 0 radical (unpaired) electrons. The van der Waals surface area contributed by atoms with Crippen molar-refractivity contribution in [2.45, 2.75) is 0 Å². The summed E-state index contributed by atoms with van der Waals surface area (Å²) >= 11 is 0. The molecule has 16 heavy (non-hydrogen) atoms. The van der Waals surface area contributed by atoms with E-state index in [9.17, 15) is 4.79 Å². The van der Waals surface area contributed by atoms with Gasteiger partial charge in [-0.15, -0.1) is 0 Å². The minimum absolute atomic E-state index is 0.136. The molecule has 6 nitrogen and oxygen atoms in total. The van der Waals surface area contributed by atoms with Crippen molar-refractivity contribution < 1.29 is 14.3 Å². The van der Waals surface area contributed by atoms with Gasteiger partial charge in [-0.2, -0.15) is 0 Å². The molecule has 2 aliphatic rings. The van der Waals surface area contributed by atoms with E-state index in [-0.39, 0.29) is 19.2 Å². The van der Waals surface area contributed by atoms with Gasteiger partial charge >= 0.3 is 0 Å². The second kappa shape index (κ2) is 3.41. The first kappa shape index (κ1) is 9.02. The van der Waals surface area contributed by atoms with Gasteiger partial charge in [0.25, 0.3) is 5.91 Å². The number of benzene rings is 1. The van der Waals surface area contributed by atoms with Gasteiger partial charge in [0.15, 0.2) is 11.5 Å². The van der Waals surface area contributed by atoms with Gasteiger partial charge in [0.2, 0.25) is 6.79 Å². The summed E-state index contributed by atoms with van der Waals surface area (Å²) in [6.45, 7) is 0.381. The van der Waals surface area contributed by atoms with Gasteiger partial charge in [0.05, 0.1) is 0 Å². The number of fused-ring (bicyclic) bond motifs is 1. The van der Waals surface area contributed by atoms with Gasteiger partial charge < -0.3 is 9.47 Å². The predicted molar refractivity (Wildman–Crippen MR) is 55.2 cm³/mol. The van der Waals surface area contributed by atoms with E-state index in [4.69, 9.17) is 9.47 Å². The van der Waals surface area contributed by atoms with Gasteiger partial charge in [0, 0.05) is 5.56 Å². The number of hydrogen-bond acceptors (Lipinski definition) is 5. The number of amidine groups is 1. The molecule has 82 valence electrons. The van der Waals surface area contributed by atoms with Crippen LogP contribution in [0.3, 0.4) is 0 Å². The van der Waals surface area contributed by atoms with E-state index in [2.05, 4.69) is 15.8 Å². The lowest BCUT2D eigenvalue weighted by atomic mass is 10.2. The number of hydrogen-bond donors (Lipinski definition) is 2. The van der Waals surface area contributed by atoms with Crippen LogP contribution in [0.5, 0.6) is 11.5 Å². The number of rotatable bonds is 1. The van der Waals surface area contributed by atoms with Crippen LogP contribution in [-0.2, 0) is 4.79 Å². The van der Waals surface area contributed by atoms with Crippen LogP contribution >= 0.6 is 0 Å². The summed E-state index contributed by atoms with van der Waals surface area (Å²) in [4.78, 5) is 15.0. The number of amides is 1. The maximum Gasteiger partial charge on any atom is 0.260 e. The zero-order chi connectivity index (χ0) is 11.0. The number of aliphatic imine (C=N–C) groups is 1. The van der Waals surface area contributed by atoms with Crippen molar-refractivity contribution in [3.05, 3.63) is 23.8 Å². The van der Waals surface area contributed by atoms with E-state index in [1.807, 2.05) is 18.2 Å². The number of hydrazine groups is 1. The molecule has 0 fully saturated rings. The average Bonchev–Trinajstić information content (AvgIpc) is 2.77. The maximum absolute atomic E-state index is 10.9. The quantitative estimate of drug-likeness (QED) is 0.686.